The van der Waals surface area contributed by atoms with Crippen molar-refractivity contribution in [3.8, 4) is 0 Å². The van der Waals surface area contributed by atoms with E-state index in [2.05, 4.69) is 49.4 Å². The van der Waals surface area contributed by atoms with E-state index in [1.54, 1.807) is 11.3 Å². The summed E-state index contributed by atoms with van der Waals surface area (Å²) in [6.07, 6.45) is 1.12. The first-order valence-corrected chi connectivity index (χ1v) is 8.86. The molecule has 2 aromatic rings. The maximum Gasteiger partial charge on any atom is 0.169 e. The summed E-state index contributed by atoms with van der Waals surface area (Å²) >= 11 is 7.24. The lowest BCUT2D eigenvalue weighted by Crippen LogP contribution is -3.05. The van der Waals surface area contributed by atoms with Crippen LogP contribution in [-0.2, 0) is 0 Å². The highest BCUT2D eigenvalue weighted by Gasteiger charge is 2.18. The second kappa shape index (κ2) is 7.85. The van der Waals surface area contributed by atoms with Gasteiger partial charge in [0.1, 0.15) is 5.01 Å². The fraction of sp³-hybridized carbons (Fsp3) is 0.500. The average Bonchev–Trinajstić information content (AvgIpc) is 2.93. The van der Waals surface area contributed by atoms with E-state index in [4.69, 9.17) is 17.2 Å². The average molecular weight is 338 g/mol. The van der Waals surface area contributed by atoms with Gasteiger partial charge < -0.3 is 15.1 Å². The topological polar surface area (TPSA) is 32.6 Å². The summed E-state index contributed by atoms with van der Waals surface area (Å²) in [5.74, 6) is 0. The van der Waals surface area contributed by atoms with Gasteiger partial charge in [0.25, 0.3) is 0 Å². The van der Waals surface area contributed by atoms with Gasteiger partial charge in [0.2, 0.25) is 0 Å². The van der Waals surface area contributed by atoms with E-state index >= 15 is 0 Å². The molecule has 1 heterocycles. The van der Waals surface area contributed by atoms with Crippen LogP contribution >= 0.6 is 23.6 Å². The molecule has 22 heavy (non-hydrogen) atoms. The summed E-state index contributed by atoms with van der Waals surface area (Å²) in [7, 11) is 6.36. The molecule has 2 N–H and O–H groups in total. The van der Waals surface area contributed by atoms with Crippen LogP contribution in [0.4, 0.5) is 0 Å². The molecule has 1 atom stereocenters. The Morgan fingerprint density at radius 1 is 1.41 bits per heavy atom. The van der Waals surface area contributed by atoms with E-state index in [-0.39, 0.29) is 6.04 Å². The summed E-state index contributed by atoms with van der Waals surface area (Å²) in [6.45, 7) is 4.21. The molecule has 2 rings (SSSR count). The van der Waals surface area contributed by atoms with Crippen molar-refractivity contribution in [3.05, 3.63) is 29.3 Å². The highest BCUT2D eigenvalue weighted by atomic mass is 32.1. The summed E-state index contributed by atoms with van der Waals surface area (Å²) in [5.41, 5.74) is 1.07. The van der Waals surface area contributed by atoms with Crippen molar-refractivity contribution >= 4 is 38.9 Å². The highest BCUT2D eigenvalue weighted by Crippen LogP contribution is 2.28. The Morgan fingerprint density at radius 3 is 2.82 bits per heavy atom. The zero-order chi connectivity index (χ0) is 16.1. The van der Waals surface area contributed by atoms with Crippen molar-refractivity contribution in [1.29, 1.82) is 0 Å². The second-order valence-corrected chi connectivity index (χ2v) is 7.30. The predicted molar refractivity (Wildman–Crippen MR) is 98.7 cm³/mol. The first kappa shape index (κ1) is 17.1. The number of nitrogens with zero attached hydrogens (tertiary/aromatic N) is 2. The third-order valence-electron chi connectivity index (χ3n) is 3.70. The van der Waals surface area contributed by atoms with E-state index in [0.717, 1.165) is 35.1 Å². The van der Waals surface area contributed by atoms with Crippen LogP contribution in [0.2, 0.25) is 0 Å². The normalized spacial score (nSPS) is 12.6. The van der Waals surface area contributed by atoms with Gasteiger partial charge in [-0.05, 0) is 31.3 Å². The van der Waals surface area contributed by atoms with Crippen molar-refractivity contribution in [2.75, 3.05) is 34.2 Å². The summed E-state index contributed by atoms with van der Waals surface area (Å²) in [6, 6.07) is 8.43. The highest BCUT2D eigenvalue weighted by molar-refractivity contribution is 7.80. The fourth-order valence-electron chi connectivity index (χ4n) is 2.17. The van der Waals surface area contributed by atoms with Gasteiger partial charge in [-0.15, -0.1) is 11.3 Å². The van der Waals surface area contributed by atoms with Crippen molar-refractivity contribution in [2.24, 2.45) is 0 Å². The zero-order valence-electron chi connectivity index (χ0n) is 13.7. The first-order chi connectivity index (χ1) is 10.5. The number of thiocarbonyl (C=S) groups is 1. The van der Waals surface area contributed by atoms with Crippen LogP contribution in [-0.4, -0.2) is 49.2 Å². The van der Waals surface area contributed by atoms with E-state index in [0.29, 0.717) is 0 Å². The van der Waals surface area contributed by atoms with Crippen LogP contribution in [0.5, 0.6) is 0 Å². The van der Waals surface area contributed by atoms with Crippen LogP contribution in [0.25, 0.3) is 10.2 Å². The molecule has 0 aliphatic rings. The second-order valence-electron chi connectivity index (χ2n) is 5.85. The number of hydrogen-bond donors (Lipinski definition) is 2. The molecule has 0 fully saturated rings. The summed E-state index contributed by atoms with van der Waals surface area (Å²) < 4.78 is 1.23. The van der Waals surface area contributed by atoms with Gasteiger partial charge in [-0.3, -0.25) is 0 Å². The lowest BCUT2D eigenvalue weighted by Gasteiger charge is -2.26. The minimum absolute atomic E-state index is 0.178. The number of fused-ring (bicyclic) bond motifs is 1. The van der Waals surface area contributed by atoms with Crippen molar-refractivity contribution in [1.82, 2.24) is 15.2 Å². The molecule has 1 aromatic carbocycles. The van der Waals surface area contributed by atoms with Crippen LogP contribution in [0.3, 0.4) is 0 Å². The molecule has 0 bridgehead atoms. The van der Waals surface area contributed by atoms with Crippen molar-refractivity contribution < 1.29 is 4.90 Å². The third-order valence-corrected chi connectivity index (χ3v) is 5.34. The monoisotopic (exact) mass is 337 g/mol. The van der Waals surface area contributed by atoms with E-state index < -0.39 is 0 Å². The molecule has 0 aliphatic carbocycles. The van der Waals surface area contributed by atoms with Crippen LogP contribution in [0.1, 0.15) is 24.4 Å². The Bertz CT molecular complexity index is 590. The van der Waals surface area contributed by atoms with Gasteiger partial charge in [0.05, 0.1) is 36.9 Å². The Kier molecular flexibility index (Phi) is 6.11. The molecule has 0 spiro atoms. The van der Waals surface area contributed by atoms with Gasteiger partial charge in [-0.1, -0.05) is 12.1 Å². The molecule has 1 aromatic heterocycles. The van der Waals surface area contributed by atoms with Crippen molar-refractivity contribution in [2.45, 2.75) is 19.4 Å². The smallest absolute Gasteiger partial charge is 0.169 e. The molecule has 0 radical (unpaired) electrons. The van der Waals surface area contributed by atoms with E-state index in [9.17, 15) is 0 Å². The molecule has 0 aliphatic heterocycles. The number of aromatic nitrogens is 1. The Morgan fingerprint density at radius 2 is 2.14 bits per heavy atom. The molecule has 0 amide bonds. The minimum Gasteiger partial charge on any atom is -0.362 e. The zero-order valence-corrected chi connectivity index (χ0v) is 15.4. The van der Waals surface area contributed by atoms with Crippen molar-refractivity contribution in [3.63, 3.8) is 0 Å². The lowest BCUT2D eigenvalue weighted by atomic mass is 10.3. The number of benzene rings is 1. The molecule has 0 saturated heterocycles. The van der Waals surface area contributed by atoms with E-state index in [1.165, 1.54) is 9.60 Å². The van der Waals surface area contributed by atoms with Gasteiger partial charge in [-0.25, -0.2) is 4.98 Å². The van der Waals surface area contributed by atoms with Crippen LogP contribution < -0.4 is 10.2 Å². The summed E-state index contributed by atoms with van der Waals surface area (Å²) in [5, 5.41) is 5.24. The Balaban J connectivity index is 1.93. The predicted octanol–water partition coefficient (Wildman–Crippen LogP) is 1.70. The Labute approximate surface area is 142 Å². The Hall–Kier alpha value is -1.24. The van der Waals surface area contributed by atoms with Gasteiger partial charge in [-0.2, -0.15) is 0 Å². The molecule has 0 unspecified atom stereocenters. The number of nitrogens with one attached hydrogen (secondary N) is 2. The number of thiazole rings is 1. The minimum atomic E-state index is 0.178. The molecule has 120 valence electrons. The summed E-state index contributed by atoms with van der Waals surface area (Å²) in [4.78, 5) is 8.28. The van der Waals surface area contributed by atoms with Gasteiger partial charge >= 0.3 is 0 Å². The molecular formula is C16H25N4S2+. The number of rotatable bonds is 6. The SMILES string of the molecule is C[C@H](c1nc2ccccc2s1)N(C)C(=S)NCCC[NH+](C)C. The standard InChI is InChI=1S/C16H24N4S2/c1-12(15-18-13-8-5-6-9-14(13)22-15)20(4)16(21)17-10-7-11-19(2)3/h5-6,8-9,12H,7,10-11H2,1-4H3,(H,17,21)/p+1/t12-/m1/s1. The number of para-hydroxylation sites is 1. The maximum absolute atomic E-state index is 5.50. The lowest BCUT2D eigenvalue weighted by molar-refractivity contribution is -0.858. The van der Waals surface area contributed by atoms with Crippen LogP contribution in [0, 0.1) is 0 Å². The van der Waals surface area contributed by atoms with Gasteiger partial charge in [0, 0.05) is 20.0 Å². The third kappa shape index (κ3) is 4.38. The van der Waals surface area contributed by atoms with Gasteiger partial charge in [0.15, 0.2) is 5.11 Å². The molecular weight excluding hydrogens is 312 g/mol. The molecule has 6 heteroatoms. The quantitative estimate of drug-likeness (QED) is 0.621. The number of hydrogen-bond acceptors (Lipinski definition) is 3. The first-order valence-electron chi connectivity index (χ1n) is 7.64. The van der Waals surface area contributed by atoms with Crippen LogP contribution in [0.15, 0.2) is 24.3 Å². The maximum atomic E-state index is 5.50. The fourth-order valence-corrected chi connectivity index (χ4v) is 3.50. The molecule has 4 nitrogen and oxygen atoms in total. The molecule has 0 saturated carbocycles. The van der Waals surface area contributed by atoms with E-state index in [1.807, 2.05) is 13.1 Å². The number of quaternary nitrogens is 1. The largest absolute Gasteiger partial charge is 0.362 e.